The first-order valence-electron chi connectivity index (χ1n) is 13.5. The van der Waals surface area contributed by atoms with Crippen molar-refractivity contribution < 1.29 is 0 Å². The summed E-state index contributed by atoms with van der Waals surface area (Å²) in [5, 5.41) is 0. The van der Waals surface area contributed by atoms with Crippen molar-refractivity contribution in [1.29, 1.82) is 0 Å². The molecule has 0 bridgehead atoms. The molecule has 0 spiro atoms. The molecule has 1 aromatic rings. The van der Waals surface area contributed by atoms with Gasteiger partial charge in [-0.1, -0.05) is 77.0 Å². The third-order valence-corrected chi connectivity index (χ3v) is 8.25. The predicted octanol–water partition coefficient (Wildman–Crippen LogP) is 8.57. The third kappa shape index (κ3) is 8.97. The number of aromatic nitrogens is 2. The van der Waals surface area contributed by atoms with Crippen molar-refractivity contribution in [2.75, 3.05) is 5.75 Å². The molecule has 2 fully saturated rings. The van der Waals surface area contributed by atoms with Gasteiger partial charge in [0, 0.05) is 18.7 Å². The predicted molar refractivity (Wildman–Crippen MR) is 134 cm³/mol. The molecule has 1 heterocycles. The SMILES string of the molecule is SCCCC1CCCCC(c2cn(CCCC3CCCCCCCCC3)cn2)CC1. The van der Waals surface area contributed by atoms with Crippen LogP contribution in [0.5, 0.6) is 0 Å². The summed E-state index contributed by atoms with van der Waals surface area (Å²) in [6.07, 6.45) is 31.5. The fourth-order valence-corrected chi connectivity index (χ4v) is 6.15. The topological polar surface area (TPSA) is 17.8 Å². The lowest BCUT2D eigenvalue weighted by atomic mass is 9.82. The van der Waals surface area contributed by atoms with Gasteiger partial charge in [0.2, 0.25) is 0 Å². The van der Waals surface area contributed by atoms with E-state index in [0.717, 1.165) is 17.6 Å². The quantitative estimate of drug-likeness (QED) is 0.407. The van der Waals surface area contributed by atoms with Gasteiger partial charge in [-0.15, -0.1) is 0 Å². The van der Waals surface area contributed by atoms with Gasteiger partial charge in [-0.2, -0.15) is 12.6 Å². The first kappa shape index (κ1) is 24.2. The van der Waals surface area contributed by atoms with Crippen LogP contribution >= 0.6 is 12.6 Å². The average molecular weight is 433 g/mol. The van der Waals surface area contributed by atoms with Crippen LogP contribution in [0.15, 0.2) is 12.5 Å². The van der Waals surface area contributed by atoms with Gasteiger partial charge >= 0.3 is 0 Å². The van der Waals surface area contributed by atoms with Crippen LogP contribution in [0.2, 0.25) is 0 Å². The van der Waals surface area contributed by atoms with Gasteiger partial charge < -0.3 is 4.57 Å². The molecule has 30 heavy (non-hydrogen) atoms. The smallest absolute Gasteiger partial charge is 0.0949 e. The average Bonchev–Trinajstić information content (AvgIpc) is 3.21. The van der Waals surface area contributed by atoms with Gasteiger partial charge in [0.25, 0.3) is 0 Å². The first-order valence-corrected chi connectivity index (χ1v) is 14.1. The Hall–Kier alpha value is -0.440. The van der Waals surface area contributed by atoms with Crippen molar-refractivity contribution >= 4 is 12.6 Å². The largest absolute Gasteiger partial charge is 0.337 e. The van der Waals surface area contributed by atoms with Gasteiger partial charge in [0.1, 0.15) is 0 Å². The van der Waals surface area contributed by atoms with Crippen LogP contribution in [-0.4, -0.2) is 15.3 Å². The second-order valence-electron chi connectivity index (χ2n) is 10.4. The Labute approximate surface area is 192 Å². The lowest BCUT2D eigenvalue weighted by Crippen LogP contribution is -2.10. The zero-order valence-electron chi connectivity index (χ0n) is 19.6. The number of aryl methyl sites for hydroxylation is 1. The van der Waals surface area contributed by atoms with Crippen LogP contribution in [0.3, 0.4) is 0 Å². The summed E-state index contributed by atoms with van der Waals surface area (Å²) in [5.41, 5.74) is 1.38. The van der Waals surface area contributed by atoms with Gasteiger partial charge in [0.05, 0.1) is 12.0 Å². The van der Waals surface area contributed by atoms with Crippen molar-refractivity contribution in [3.05, 3.63) is 18.2 Å². The Balaban J connectivity index is 1.41. The maximum atomic E-state index is 4.87. The molecule has 0 N–H and O–H groups in total. The molecule has 172 valence electrons. The minimum atomic E-state index is 0.698. The van der Waals surface area contributed by atoms with E-state index >= 15 is 0 Å². The standard InChI is InChI=1S/C27H48N2S/c30-21-11-16-25-14-8-9-17-26(19-18-25)27-22-29(23-28-27)20-10-15-24-12-6-4-2-1-3-5-7-13-24/h22-26,30H,1-21H2. The van der Waals surface area contributed by atoms with Crippen LogP contribution in [0.4, 0.5) is 0 Å². The van der Waals surface area contributed by atoms with Crippen molar-refractivity contribution in [1.82, 2.24) is 9.55 Å². The van der Waals surface area contributed by atoms with Gasteiger partial charge in [0.15, 0.2) is 0 Å². The van der Waals surface area contributed by atoms with E-state index in [4.69, 9.17) is 4.98 Å². The molecule has 2 saturated carbocycles. The summed E-state index contributed by atoms with van der Waals surface area (Å²) in [6.45, 7) is 1.17. The van der Waals surface area contributed by atoms with E-state index < -0.39 is 0 Å². The van der Waals surface area contributed by atoms with Crippen molar-refractivity contribution in [3.8, 4) is 0 Å². The summed E-state index contributed by atoms with van der Waals surface area (Å²) in [4.78, 5) is 4.87. The molecule has 2 aliphatic carbocycles. The lowest BCUT2D eigenvalue weighted by molar-refractivity contribution is 0.335. The molecule has 0 saturated heterocycles. The minimum Gasteiger partial charge on any atom is -0.337 e. The highest BCUT2D eigenvalue weighted by Crippen LogP contribution is 2.34. The highest BCUT2D eigenvalue weighted by atomic mass is 32.1. The Morgan fingerprint density at radius 3 is 2.07 bits per heavy atom. The molecule has 2 atom stereocenters. The van der Waals surface area contributed by atoms with Crippen LogP contribution in [0, 0.1) is 11.8 Å². The molecule has 2 unspecified atom stereocenters. The molecular formula is C27H48N2S. The summed E-state index contributed by atoms with van der Waals surface area (Å²) in [5.74, 6) is 3.65. The second kappa shape index (κ2) is 14.6. The summed E-state index contributed by atoms with van der Waals surface area (Å²) in [6, 6.07) is 0. The monoisotopic (exact) mass is 432 g/mol. The number of rotatable bonds is 8. The number of hydrogen-bond donors (Lipinski definition) is 1. The molecular weight excluding hydrogens is 384 g/mol. The molecule has 0 amide bonds. The molecule has 2 aliphatic rings. The van der Waals surface area contributed by atoms with E-state index in [1.54, 1.807) is 0 Å². The van der Waals surface area contributed by atoms with Crippen molar-refractivity contribution in [3.63, 3.8) is 0 Å². The van der Waals surface area contributed by atoms with Crippen molar-refractivity contribution in [2.24, 2.45) is 11.8 Å². The molecule has 3 rings (SSSR count). The van der Waals surface area contributed by atoms with Crippen LogP contribution in [0.1, 0.15) is 134 Å². The van der Waals surface area contributed by atoms with Gasteiger partial charge in [-0.25, -0.2) is 4.98 Å². The summed E-state index contributed by atoms with van der Waals surface area (Å²) < 4.78 is 2.40. The molecule has 0 radical (unpaired) electrons. The molecule has 1 aromatic heterocycles. The minimum absolute atomic E-state index is 0.698. The Kier molecular flexibility index (Phi) is 11.8. The Morgan fingerprint density at radius 1 is 0.733 bits per heavy atom. The highest BCUT2D eigenvalue weighted by molar-refractivity contribution is 7.80. The third-order valence-electron chi connectivity index (χ3n) is 7.93. The maximum Gasteiger partial charge on any atom is 0.0949 e. The first-order chi connectivity index (χ1) is 14.8. The van der Waals surface area contributed by atoms with E-state index in [0.29, 0.717) is 5.92 Å². The van der Waals surface area contributed by atoms with E-state index in [-0.39, 0.29) is 0 Å². The fraction of sp³-hybridized carbons (Fsp3) is 0.889. The number of nitrogens with zero attached hydrogens (tertiary/aromatic N) is 2. The van der Waals surface area contributed by atoms with Gasteiger partial charge in [-0.3, -0.25) is 0 Å². The number of hydrogen-bond acceptors (Lipinski definition) is 2. The maximum absolute atomic E-state index is 4.87. The zero-order chi connectivity index (χ0) is 20.9. The van der Waals surface area contributed by atoms with Gasteiger partial charge in [-0.05, 0) is 62.5 Å². The van der Waals surface area contributed by atoms with Crippen LogP contribution in [0.25, 0.3) is 0 Å². The Bertz CT molecular complexity index is 543. The van der Waals surface area contributed by atoms with Crippen LogP contribution in [-0.2, 0) is 6.54 Å². The fourth-order valence-electron chi connectivity index (χ4n) is 5.97. The molecule has 2 nitrogen and oxygen atoms in total. The van der Waals surface area contributed by atoms with E-state index in [1.165, 1.54) is 134 Å². The number of thiol groups is 1. The molecule has 0 aliphatic heterocycles. The molecule has 3 heteroatoms. The van der Waals surface area contributed by atoms with E-state index in [9.17, 15) is 0 Å². The summed E-state index contributed by atoms with van der Waals surface area (Å²) >= 11 is 4.41. The van der Waals surface area contributed by atoms with Crippen molar-refractivity contribution in [2.45, 2.75) is 134 Å². The van der Waals surface area contributed by atoms with Crippen LogP contribution < -0.4 is 0 Å². The van der Waals surface area contributed by atoms with E-state index in [2.05, 4.69) is 29.7 Å². The Morgan fingerprint density at radius 2 is 1.33 bits per heavy atom. The lowest BCUT2D eigenvalue weighted by Gasteiger charge is -2.24. The second-order valence-corrected chi connectivity index (χ2v) is 10.8. The number of imidazole rings is 1. The zero-order valence-corrected chi connectivity index (χ0v) is 20.5. The summed E-state index contributed by atoms with van der Waals surface area (Å²) in [7, 11) is 0. The highest BCUT2D eigenvalue weighted by Gasteiger charge is 2.20. The molecule has 0 aromatic carbocycles. The normalized spacial score (nSPS) is 25.5. The van der Waals surface area contributed by atoms with E-state index in [1.807, 2.05) is 0 Å².